The standard InChI is InChI=1S/C20H19N7O2/c1-27(2)20-23-17(22-19(24-20)21-11-12-7-4-3-5-8-12)16-13-9-6-10-14(18(28)29)15(13)25-26-16/h3-10H,11H2,1-2H3,(H,25,26)(H,28,29)(H,21,22,23,24). The summed E-state index contributed by atoms with van der Waals surface area (Å²) < 4.78 is 0. The van der Waals surface area contributed by atoms with Gasteiger partial charge in [-0.05, 0) is 11.6 Å². The van der Waals surface area contributed by atoms with Gasteiger partial charge in [0, 0.05) is 26.0 Å². The molecule has 3 N–H and O–H groups in total. The minimum absolute atomic E-state index is 0.144. The zero-order valence-electron chi connectivity index (χ0n) is 15.9. The fourth-order valence-corrected chi connectivity index (χ4v) is 2.92. The van der Waals surface area contributed by atoms with Gasteiger partial charge in [0.1, 0.15) is 5.69 Å². The van der Waals surface area contributed by atoms with Crippen LogP contribution < -0.4 is 10.2 Å². The van der Waals surface area contributed by atoms with Crippen molar-refractivity contribution in [1.82, 2.24) is 25.1 Å². The molecule has 2 aromatic heterocycles. The SMILES string of the molecule is CN(C)c1nc(NCc2ccccc2)nc(-c2n[nH]c3c(C(=O)O)cccc23)n1. The van der Waals surface area contributed by atoms with Crippen molar-refractivity contribution in [3.63, 3.8) is 0 Å². The van der Waals surface area contributed by atoms with Gasteiger partial charge in [0.15, 0.2) is 5.82 Å². The van der Waals surface area contributed by atoms with Crippen molar-refractivity contribution in [2.24, 2.45) is 0 Å². The number of fused-ring (bicyclic) bond motifs is 1. The van der Waals surface area contributed by atoms with E-state index in [4.69, 9.17) is 0 Å². The molecule has 2 heterocycles. The van der Waals surface area contributed by atoms with Gasteiger partial charge in [-0.25, -0.2) is 4.79 Å². The molecule has 9 nitrogen and oxygen atoms in total. The number of nitrogens with one attached hydrogen (secondary N) is 2. The monoisotopic (exact) mass is 389 g/mol. The van der Waals surface area contributed by atoms with E-state index in [0.717, 1.165) is 5.56 Å². The highest BCUT2D eigenvalue weighted by molar-refractivity contribution is 6.05. The number of hydrogen-bond donors (Lipinski definition) is 3. The molecule has 0 amide bonds. The Morgan fingerprint density at radius 2 is 1.86 bits per heavy atom. The number of aromatic amines is 1. The van der Waals surface area contributed by atoms with E-state index in [-0.39, 0.29) is 5.56 Å². The highest BCUT2D eigenvalue weighted by atomic mass is 16.4. The fraction of sp³-hybridized carbons (Fsp3) is 0.150. The number of rotatable bonds is 6. The molecule has 29 heavy (non-hydrogen) atoms. The van der Waals surface area contributed by atoms with Crippen LogP contribution in [0.3, 0.4) is 0 Å². The molecule has 0 fully saturated rings. The summed E-state index contributed by atoms with van der Waals surface area (Å²) in [7, 11) is 3.68. The predicted octanol–water partition coefficient (Wildman–Crippen LogP) is 2.79. The molecule has 4 rings (SSSR count). The maximum atomic E-state index is 11.5. The van der Waals surface area contributed by atoms with Crippen LogP contribution in [0.1, 0.15) is 15.9 Å². The summed E-state index contributed by atoms with van der Waals surface area (Å²) in [5, 5.41) is 20.3. The topological polar surface area (TPSA) is 120 Å². The highest BCUT2D eigenvalue weighted by Gasteiger charge is 2.18. The third kappa shape index (κ3) is 3.70. The molecule has 0 atom stereocenters. The first-order valence-corrected chi connectivity index (χ1v) is 8.95. The number of carbonyl (C=O) groups is 1. The van der Waals surface area contributed by atoms with Crippen LogP contribution >= 0.6 is 0 Å². The molecule has 0 aliphatic heterocycles. The van der Waals surface area contributed by atoms with Crippen LogP contribution in [0.5, 0.6) is 0 Å². The number of anilines is 2. The second-order valence-electron chi connectivity index (χ2n) is 6.62. The van der Waals surface area contributed by atoms with Crippen molar-refractivity contribution >= 4 is 28.8 Å². The van der Waals surface area contributed by atoms with Crippen molar-refractivity contribution < 1.29 is 9.90 Å². The van der Waals surface area contributed by atoms with Gasteiger partial charge in [0.2, 0.25) is 11.9 Å². The van der Waals surface area contributed by atoms with Gasteiger partial charge in [-0.15, -0.1) is 0 Å². The summed E-state index contributed by atoms with van der Waals surface area (Å²) >= 11 is 0. The number of carboxylic acids is 1. The van der Waals surface area contributed by atoms with Gasteiger partial charge in [0.05, 0.1) is 11.1 Å². The van der Waals surface area contributed by atoms with E-state index in [1.807, 2.05) is 44.4 Å². The number of aromatic carboxylic acids is 1. The van der Waals surface area contributed by atoms with E-state index < -0.39 is 5.97 Å². The lowest BCUT2D eigenvalue weighted by Crippen LogP contribution is -2.16. The fourth-order valence-electron chi connectivity index (χ4n) is 2.92. The maximum absolute atomic E-state index is 11.5. The molecule has 0 aliphatic carbocycles. The van der Waals surface area contributed by atoms with Gasteiger partial charge in [0.25, 0.3) is 0 Å². The van der Waals surface area contributed by atoms with Crippen molar-refractivity contribution in [2.75, 3.05) is 24.3 Å². The first-order chi connectivity index (χ1) is 14.0. The Hall–Kier alpha value is -4.01. The van der Waals surface area contributed by atoms with E-state index in [0.29, 0.717) is 40.9 Å². The summed E-state index contributed by atoms with van der Waals surface area (Å²) in [4.78, 5) is 26.7. The number of nitrogens with zero attached hydrogens (tertiary/aromatic N) is 5. The lowest BCUT2D eigenvalue weighted by Gasteiger charge is -2.13. The van der Waals surface area contributed by atoms with E-state index in [2.05, 4.69) is 30.5 Å². The van der Waals surface area contributed by atoms with Gasteiger partial charge in [-0.1, -0.05) is 42.5 Å². The molecule has 9 heteroatoms. The van der Waals surface area contributed by atoms with Crippen LogP contribution in [0.15, 0.2) is 48.5 Å². The Morgan fingerprint density at radius 1 is 1.07 bits per heavy atom. The average molecular weight is 389 g/mol. The van der Waals surface area contributed by atoms with E-state index in [1.54, 1.807) is 17.0 Å². The molecule has 0 aliphatic rings. The number of H-pyrrole nitrogens is 1. The molecule has 0 saturated heterocycles. The second-order valence-corrected chi connectivity index (χ2v) is 6.62. The molecule has 146 valence electrons. The quantitative estimate of drug-likeness (QED) is 0.460. The van der Waals surface area contributed by atoms with Crippen LogP contribution in [0.4, 0.5) is 11.9 Å². The minimum atomic E-state index is -1.03. The second kappa shape index (κ2) is 7.55. The third-order valence-corrected chi connectivity index (χ3v) is 4.36. The van der Waals surface area contributed by atoms with Crippen molar-refractivity contribution in [3.05, 3.63) is 59.7 Å². The molecular weight excluding hydrogens is 370 g/mol. The Morgan fingerprint density at radius 3 is 2.59 bits per heavy atom. The van der Waals surface area contributed by atoms with E-state index in [9.17, 15) is 9.90 Å². The van der Waals surface area contributed by atoms with Gasteiger partial charge >= 0.3 is 5.97 Å². The molecular formula is C20H19N7O2. The summed E-state index contributed by atoms with van der Waals surface area (Å²) in [6, 6.07) is 14.9. The molecule has 0 saturated carbocycles. The summed E-state index contributed by atoms with van der Waals surface area (Å²) in [5.41, 5.74) is 2.14. The maximum Gasteiger partial charge on any atom is 0.337 e. The first-order valence-electron chi connectivity index (χ1n) is 8.95. The zero-order valence-corrected chi connectivity index (χ0v) is 15.9. The van der Waals surface area contributed by atoms with Crippen molar-refractivity contribution in [1.29, 1.82) is 0 Å². The largest absolute Gasteiger partial charge is 0.478 e. The molecule has 0 spiro atoms. The smallest absolute Gasteiger partial charge is 0.337 e. The van der Waals surface area contributed by atoms with Gasteiger partial charge in [-0.2, -0.15) is 20.1 Å². The Kier molecular flexibility index (Phi) is 4.78. The number of para-hydroxylation sites is 1. The number of aromatic nitrogens is 5. The summed E-state index contributed by atoms with van der Waals surface area (Å²) in [6.07, 6.45) is 0. The van der Waals surface area contributed by atoms with Gasteiger partial charge < -0.3 is 15.3 Å². The Bertz CT molecular complexity index is 1170. The van der Waals surface area contributed by atoms with Crippen LogP contribution in [0, 0.1) is 0 Å². The molecule has 4 aromatic rings. The Balaban J connectivity index is 1.75. The summed E-state index contributed by atoms with van der Waals surface area (Å²) in [5.74, 6) is 0.206. The minimum Gasteiger partial charge on any atom is -0.478 e. The number of benzene rings is 2. The highest BCUT2D eigenvalue weighted by Crippen LogP contribution is 2.27. The number of hydrogen-bond acceptors (Lipinski definition) is 7. The first kappa shape index (κ1) is 18.4. The van der Waals surface area contributed by atoms with E-state index in [1.165, 1.54) is 6.07 Å². The zero-order chi connectivity index (χ0) is 20.4. The lowest BCUT2D eigenvalue weighted by atomic mass is 10.1. The van der Waals surface area contributed by atoms with Crippen LogP contribution in [0.25, 0.3) is 22.4 Å². The van der Waals surface area contributed by atoms with Gasteiger partial charge in [-0.3, -0.25) is 5.10 Å². The molecule has 0 bridgehead atoms. The van der Waals surface area contributed by atoms with Crippen molar-refractivity contribution in [3.8, 4) is 11.5 Å². The molecule has 2 aromatic carbocycles. The van der Waals surface area contributed by atoms with Crippen LogP contribution in [-0.2, 0) is 6.54 Å². The predicted molar refractivity (Wildman–Crippen MR) is 110 cm³/mol. The Labute approximate surface area is 166 Å². The average Bonchev–Trinajstić information content (AvgIpc) is 3.17. The van der Waals surface area contributed by atoms with Crippen LogP contribution in [0.2, 0.25) is 0 Å². The molecule has 0 radical (unpaired) electrons. The normalized spacial score (nSPS) is 10.8. The van der Waals surface area contributed by atoms with E-state index >= 15 is 0 Å². The van der Waals surface area contributed by atoms with Crippen LogP contribution in [-0.4, -0.2) is 50.3 Å². The lowest BCUT2D eigenvalue weighted by molar-refractivity contribution is 0.0699. The molecule has 0 unspecified atom stereocenters. The summed E-state index contributed by atoms with van der Waals surface area (Å²) in [6.45, 7) is 0.557. The van der Waals surface area contributed by atoms with Crippen molar-refractivity contribution in [2.45, 2.75) is 6.54 Å². The third-order valence-electron chi connectivity index (χ3n) is 4.36. The number of carboxylic acid groups (broad SMARTS) is 1.